The van der Waals surface area contributed by atoms with Crippen molar-refractivity contribution < 1.29 is 9.21 Å². The Labute approximate surface area is 170 Å². The Morgan fingerprint density at radius 1 is 1.21 bits per heavy atom. The highest BCUT2D eigenvalue weighted by Gasteiger charge is 2.23. The highest BCUT2D eigenvalue weighted by Crippen LogP contribution is 2.33. The number of pyridine rings is 1. The van der Waals surface area contributed by atoms with Gasteiger partial charge in [0.1, 0.15) is 10.6 Å². The van der Waals surface area contributed by atoms with Crippen molar-refractivity contribution in [3.8, 4) is 0 Å². The lowest BCUT2D eigenvalue weighted by Crippen LogP contribution is -2.27. The molecule has 4 aromatic rings. The normalized spacial score (nSPS) is 12.2. The first-order chi connectivity index (χ1) is 13.6. The van der Waals surface area contributed by atoms with Crippen LogP contribution in [0.1, 0.15) is 39.8 Å². The van der Waals surface area contributed by atoms with Gasteiger partial charge in [-0.15, -0.1) is 10.2 Å². The molecule has 0 spiro atoms. The van der Waals surface area contributed by atoms with Crippen molar-refractivity contribution >= 4 is 40.0 Å². The standard InChI is InChI=1S/C20H18N4O2S2/c1-12(16-8-5-6-10-21-16)22-19(25)18-15(11-27-20-24-23-13(2)28-20)14-7-3-4-9-17(14)26-18/h3-10,12H,11H2,1-2H3,(H,22,25)/t12-/m0/s1. The average Bonchev–Trinajstić information content (AvgIpc) is 3.30. The number of hydrogen-bond acceptors (Lipinski definition) is 7. The van der Waals surface area contributed by atoms with Crippen LogP contribution in [-0.4, -0.2) is 21.1 Å². The second-order valence-corrected chi connectivity index (χ2v) is 8.64. The Hall–Kier alpha value is -2.71. The molecule has 0 aliphatic rings. The molecule has 8 heteroatoms. The Morgan fingerprint density at radius 2 is 2.04 bits per heavy atom. The number of thioether (sulfide) groups is 1. The van der Waals surface area contributed by atoms with Gasteiger partial charge in [-0.2, -0.15) is 0 Å². The number of hydrogen-bond donors (Lipinski definition) is 1. The molecule has 1 aromatic carbocycles. The van der Waals surface area contributed by atoms with E-state index in [4.69, 9.17) is 4.42 Å². The van der Waals surface area contributed by atoms with Gasteiger partial charge in [0.15, 0.2) is 10.1 Å². The molecular formula is C20H18N4O2S2. The van der Waals surface area contributed by atoms with Gasteiger partial charge < -0.3 is 9.73 Å². The van der Waals surface area contributed by atoms with Gasteiger partial charge in [0.25, 0.3) is 5.91 Å². The maximum absolute atomic E-state index is 13.0. The summed E-state index contributed by atoms with van der Waals surface area (Å²) in [5.41, 5.74) is 2.36. The third-order valence-corrected chi connectivity index (χ3v) is 6.23. The molecule has 3 aromatic heterocycles. The molecule has 6 nitrogen and oxygen atoms in total. The number of carbonyl (C=O) groups is 1. The number of fused-ring (bicyclic) bond motifs is 1. The Morgan fingerprint density at radius 3 is 2.79 bits per heavy atom. The molecule has 0 fully saturated rings. The first-order valence-corrected chi connectivity index (χ1v) is 10.6. The van der Waals surface area contributed by atoms with Gasteiger partial charge in [0.2, 0.25) is 0 Å². The molecule has 0 saturated heterocycles. The van der Waals surface area contributed by atoms with Crippen molar-refractivity contribution in [3.63, 3.8) is 0 Å². The van der Waals surface area contributed by atoms with Crippen LogP contribution in [-0.2, 0) is 5.75 Å². The highest BCUT2D eigenvalue weighted by molar-refractivity contribution is 8.00. The van der Waals surface area contributed by atoms with Gasteiger partial charge in [-0.3, -0.25) is 9.78 Å². The summed E-state index contributed by atoms with van der Waals surface area (Å²) in [7, 11) is 0. The molecule has 0 radical (unpaired) electrons. The zero-order valence-electron chi connectivity index (χ0n) is 15.4. The molecule has 3 heterocycles. The highest BCUT2D eigenvalue weighted by atomic mass is 32.2. The summed E-state index contributed by atoms with van der Waals surface area (Å²) in [5.74, 6) is 0.655. The second-order valence-electron chi connectivity index (χ2n) is 6.23. The first-order valence-electron chi connectivity index (χ1n) is 8.77. The topological polar surface area (TPSA) is 80.9 Å². The minimum atomic E-state index is -0.251. The average molecular weight is 411 g/mol. The van der Waals surface area contributed by atoms with Crippen molar-refractivity contribution in [1.29, 1.82) is 0 Å². The van der Waals surface area contributed by atoms with Crippen LogP contribution >= 0.6 is 23.1 Å². The van der Waals surface area contributed by atoms with E-state index in [1.165, 1.54) is 11.3 Å². The Bertz CT molecular complexity index is 1110. The zero-order valence-corrected chi connectivity index (χ0v) is 17.0. The molecule has 0 bridgehead atoms. The minimum absolute atomic E-state index is 0.228. The van der Waals surface area contributed by atoms with E-state index in [9.17, 15) is 4.79 Å². The number of benzene rings is 1. The predicted octanol–water partition coefficient (Wildman–Crippen LogP) is 4.77. The molecule has 0 aliphatic carbocycles. The summed E-state index contributed by atoms with van der Waals surface area (Å²) in [6, 6.07) is 13.1. The number of nitrogens with zero attached hydrogens (tertiary/aromatic N) is 3. The fourth-order valence-corrected chi connectivity index (χ4v) is 4.71. The van der Waals surface area contributed by atoms with Crippen LogP contribution < -0.4 is 5.32 Å². The summed E-state index contributed by atoms with van der Waals surface area (Å²) in [6.45, 7) is 3.83. The molecule has 0 aliphatic heterocycles. The number of furan rings is 1. The third kappa shape index (κ3) is 3.93. The van der Waals surface area contributed by atoms with Crippen LogP contribution in [0, 0.1) is 6.92 Å². The van der Waals surface area contributed by atoms with Gasteiger partial charge in [0, 0.05) is 22.9 Å². The molecule has 1 atom stereocenters. The number of nitrogens with one attached hydrogen (secondary N) is 1. The van der Waals surface area contributed by atoms with E-state index >= 15 is 0 Å². The van der Waals surface area contributed by atoms with E-state index in [0.717, 1.165) is 26.0 Å². The maximum Gasteiger partial charge on any atom is 0.287 e. The summed E-state index contributed by atoms with van der Waals surface area (Å²) < 4.78 is 6.78. The van der Waals surface area contributed by atoms with Crippen LogP contribution in [0.15, 0.2) is 57.4 Å². The second kappa shape index (κ2) is 8.12. The van der Waals surface area contributed by atoms with E-state index < -0.39 is 0 Å². The molecule has 4 rings (SSSR count). The number of aromatic nitrogens is 3. The first kappa shape index (κ1) is 18.6. The minimum Gasteiger partial charge on any atom is -0.451 e. The van der Waals surface area contributed by atoms with E-state index in [1.54, 1.807) is 18.0 Å². The summed E-state index contributed by atoms with van der Waals surface area (Å²) in [6.07, 6.45) is 1.71. The van der Waals surface area contributed by atoms with E-state index in [2.05, 4.69) is 20.5 Å². The third-order valence-electron chi connectivity index (χ3n) is 4.23. The molecule has 28 heavy (non-hydrogen) atoms. The van der Waals surface area contributed by atoms with Crippen molar-refractivity contribution in [3.05, 3.63) is 70.7 Å². The van der Waals surface area contributed by atoms with Gasteiger partial charge in [-0.1, -0.05) is 47.4 Å². The van der Waals surface area contributed by atoms with E-state index in [0.29, 0.717) is 17.1 Å². The molecule has 1 N–H and O–H groups in total. The monoisotopic (exact) mass is 410 g/mol. The van der Waals surface area contributed by atoms with Crippen LogP contribution in [0.3, 0.4) is 0 Å². The lowest BCUT2D eigenvalue weighted by Gasteiger charge is -2.12. The fourth-order valence-electron chi connectivity index (χ4n) is 2.86. The summed E-state index contributed by atoms with van der Waals surface area (Å²) in [4.78, 5) is 17.3. The number of amides is 1. The Kier molecular flexibility index (Phi) is 5.40. The van der Waals surface area contributed by atoms with Crippen LogP contribution in [0.4, 0.5) is 0 Å². The maximum atomic E-state index is 13.0. The predicted molar refractivity (Wildman–Crippen MR) is 111 cm³/mol. The van der Waals surface area contributed by atoms with Crippen molar-refractivity contribution in [1.82, 2.24) is 20.5 Å². The summed E-state index contributed by atoms with van der Waals surface area (Å²) >= 11 is 3.09. The number of rotatable bonds is 6. The lowest BCUT2D eigenvalue weighted by atomic mass is 10.1. The quantitative estimate of drug-likeness (QED) is 0.461. The van der Waals surface area contributed by atoms with Gasteiger partial charge in [0.05, 0.1) is 11.7 Å². The van der Waals surface area contributed by atoms with Gasteiger partial charge in [-0.25, -0.2) is 0 Å². The summed E-state index contributed by atoms with van der Waals surface area (Å²) in [5, 5.41) is 13.0. The van der Waals surface area contributed by atoms with E-state index in [-0.39, 0.29) is 11.9 Å². The molecular weight excluding hydrogens is 392 g/mol. The molecule has 1 amide bonds. The lowest BCUT2D eigenvalue weighted by molar-refractivity contribution is 0.0912. The number of para-hydroxylation sites is 1. The fraction of sp³-hybridized carbons (Fsp3) is 0.200. The Balaban J connectivity index is 1.61. The number of aryl methyl sites for hydroxylation is 1. The SMILES string of the molecule is Cc1nnc(SCc2c(C(=O)N[C@@H](C)c3ccccn3)oc3ccccc23)s1. The van der Waals surface area contributed by atoms with Gasteiger partial charge >= 0.3 is 0 Å². The van der Waals surface area contributed by atoms with Crippen LogP contribution in [0.2, 0.25) is 0 Å². The molecule has 142 valence electrons. The van der Waals surface area contributed by atoms with E-state index in [1.807, 2.05) is 56.3 Å². The zero-order chi connectivity index (χ0) is 19.5. The van der Waals surface area contributed by atoms with Crippen molar-refractivity contribution in [2.45, 2.75) is 30.0 Å². The largest absolute Gasteiger partial charge is 0.451 e. The van der Waals surface area contributed by atoms with Crippen molar-refractivity contribution in [2.75, 3.05) is 0 Å². The van der Waals surface area contributed by atoms with Crippen LogP contribution in [0.5, 0.6) is 0 Å². The number of carbonyl (C=O) groups excluding carboxylic acids is 1. The van der Waals surface area contributed by atoms with Crippen LogP contribution in [0.25, 0.3) is 11.0 Å². The van der Waals surface area contributed by atoms with Crippen molar-refractivity contribution in [2.24, 2.45) is 0 Å². The smallest absolute Gasteiger partial charge is 0.287 e. The molecule has 0 saturated carbocycles. The molecule has 0 unspecified atom stereocenters. The van der Waals surface area contributed by atoms with Gasteiger partial charge in [-0.05, 0) is 32.0 Å².